The van der Waals surface area contributed by atoms with Crippen molar-refractivity contribution in [3.05, 3.63) is 101 Å². The van der Waals surface area contributed by atoms with Crippen molar-refractivity contribution in [1.82, 2.24) is 9.88 Å². The molecule has 0 aliphatic carbocycles. The lowest BCUT2D eigenvalue weighted by Gasteiger charge is -2.25. The summed E-state index contributed by atoms with van der Waals surface area (Å²) in [5, 5.41) is 10.9. The molecule has 1 saturated heterocycles. The Bertz CT molecular complexity index is 1140. The second-order valence-electron chi connectivity index (χ2n) is 7.07. The van der Waals surface area contributed by atoms with Crippen LogP contribution in [-0.2, 0) is 16.1 Å². The van der Waals surface area contributed by atoms with E-state index in [9.17, 15) is 19.1 Å². The molecule has 31 heavy (non-hydrogen) atoms. The van der Waals surface area contributed by atoms with E-state index in [-0.39, 0.29) is 23.4 Å². The molecular weight excluding hydrogens is 399 g/mol. The van der Waals surface area contributed by atoms with Crippen LogP contribution in [0.5, 0.6) is 5.75 Å². The fourth-order valence-corrected chi connectivity index (χ4v) is 3.63. The minimum Gasteiger partial charge on any atom is -0.507 e. The van der Waals surface area contributed by atoms with Gasteiger partial charge >= 0.3 is 0 Å². The minimum absolute atomic E-state index is 0.0503. The van der Waals surface area contributed by atoms with E-state index >= 15 is 0 Å². The van der Waals surface area contributed by atoms with Crippen molar-refractivity contribution < 1.29 is 23.8 Å². The summed E-state index contributed by atoms with van der Waals surface area (Å²) in [6.07, 6.45) is 3.23. The Morgan fingerprint density at radius 3 is 2.42 bits per heavy atom. The molecule has 0 spiro atoms. The van der Waals surface area contributed by atoms with Crippen LogP contribution in [0.15, 0.2) is 78.6 Å². The number of nitrogens with zero attached hydrogens (tertiary/aromatic N) is 2. The quantitative estimate of drug-likeness (QED) is 0.387. The second-order valence-corrected chi connectivity index (χ2v) is 7.07. The molecule has 3 aromatic rings. The largest absolute Gasteiger partial charge is 0.507 e. The topological polar surface area (TPSA) is 79.7 Å². The number of methoxy groups -OCH3 is 1. The zero-order valence-corrected chi connectivity index (χ0v) is 16.7. The van der Waals surface area contributed by atoms with Gasteiger partial charge in [-0.1, -0.05) is 18.2 Å². The summed E-state index contributed by atoms with van der Waals surface area (Å²) in [4.78, 5) is 31.4. The Morgan fingerprint density at radius 1 is 1.10 bits per heavy atom. The summed E-state index contributed by atoms with van der Waals surface area (Å²) < 4.78 is 18.5. The average molecular weight is 418 g/mol. The number of Topliss-reactive ketones (excluding diaryl/α,β-unsaturated/α-hetero) is 1. The third-order valence-corrected chi connectivity index (χ3v) is 5.16. The van der Waals surface area contributed by atoms with E-state index in [0.29, 0.717) is 11.3 Å². The lowest BCUT2D eigenvalue weighted by molar-refractivity contribution is -0.140. The standard InChI is InChI=1S/C24H19FN2O4/c1-31-19-10-6-16(7-11-19)21-20(22(28)17-4-8-18(25)9-5-17)23(29)24(30)27(21)14-15-3-2-12-26-13-15/h2-13,21,28H,14H2,1H3/b22-20+/t21-/m0/s1. The molecule has 1 amide bonds. The van der Waals surface area contributed by atoms with Gasteiger partial charge in [0.1, 0.15) is 17.3 Å². The number of aromatic nitrogens is 1. The monoisotopic (exact) mass is 418 g/mol. The van der Waals surface area contributed by atoms with Gasteiger partial charge in [0.15, 0.2) is 0 Å². The van der Waals surface area contributed by atoms with E-state index in [0.717, 1.165) is 5.56 Å². The number of halogens is 1. The van der Waals surface area contributed by atoms with Gasteiger partial charge in [0, 0.05) is 24.5 Å². The fourth-order valence-electron chi connectivity index (χ4n) is 3.63. The number of benzene rings is 2. The van der Waals surface area contributed by atoms with E-state index in [1.54, 1.807) is 48.8 Å². The Balaban J connectivity index is 1.85. The van der Waals surface area contributed by atoms with Gasteiger partial charge in [-0.3, -0.25) is 14.6 Å². The summed E-state index contributed by atoms with van der Waals surface area (Å²) in [6, 6.07) is 14.7. The van der Waals surface area contributed by atoms with Crippen molar-refractivity contribution in [1.29, 1.82) is 0 Å². The van der Waals surface area contributed by atoms with Crippen molar-refractivity contribution in [2.24, 2.45) is 0 Å². The number of hydrogen-bond acceptors (Lipinski definition) is 5. The third kappa shape index (κ3) is 3.90. The van der Waals surface area contributed by atoms with Gasteiger partial charge in [-0.25, -0.2) is 4.39 Å². The number of pyridine rings is 1. The summed E-state index contributed by atoms with van der Waals surface area (Å²) >= 11 is 0. The highest BCUT2D eigenvalue weighted by Crippen LogP contribution is 2.40. The van der Waals surface area contributed by atoms with Crippen LogP contribution in [0.25, 0.3) is 5.76 Å². The number of carbonyl (C=O) groups is 2. The van der Waals surface area contributed by atoms with E-state index in [2.05, 4.69) is 4.98 Å². The number of carbonyl (C=O) groups excluding carboxylic acids is 2. The third-order valence-electron chi connectivity index (χ3n) is 5.16. The second kappa shape index (κ2) is 8.39. The number of amides is 1. The highest BCUT2D eigenvalue weighted by atomic mass is 19.1. The summed E-state index contributed by atoms with van der Waals surface area (Å²) in [5.41, 5.74) is 1.57. The van der Waals surface area contributed by atoms with E-state index in [4.69, 9.17) is 4.74 Å². The number of ether oxygens (including phenoxy) is 1. The van der Waals surface area contributed by atoms with Crippen LogP contribution in [0.1, 0.15) is 22.7 Å². The van der Waals surface area contributed by atoms with Crippen molar-refractivity contribution in [2.75, 3.05) is 7.11 Å². The molecule has 1 aromatic heterocycles. The minimum atomic E-state index is -0.823. The molecule has 7 heteroatoms. The first-order valence-electron chi connectivity index (χ1n) is 9.57. The number of hydrogen-bond donors (Lipinski definition) is 1. The molecule has 0 unspecified atom stereocenters. The lowest BCUT2D eigenvalue weighted by atomic mass is 9.95. The summed E-state index contributed by atoms with van der Waals surface area (Å²) in [5.74, 6) is -1.74. The molecule has 156 valence electrons. The Labute approximate surface area is 178 Å². The molecular formula is C24H19FN2O4. The molecule has 1 atom stereocenters. The first-order valence-corrected chi connectivity index (χ1v) is 9.57. The van der Waals surface area contributed by atoms with Gasteiger partial charge in [0.2, 0.25) is 0 Å². The van der Waals surface area contributed by atoms with Crippen LogP contribution in [-0.4, -0.2) is 33.8 Å². The summed E-state index contributed by atoms with van der Waals surface area (Å²) in [7, 11) is 1.54. The Morgan fingerprint density at radius 2 is 1.81 bits per heavy atom. The zero-order chi connectivity index (χ0) is 22.0. The van der Waals surface area contributed by atoms with Crippen molar-refractivity contribution in [3.63, 3.8) is 0 Å². The smallest absolute Gasteiger partial charge is 0.295 e. The fraction of sp³-hybridized carbons (Fsp3) is 0.125. The van der Waals surface area contributed by atoms with Crippen molar-refractivity contribution in [2.45, 2.75) is 12.6 Å². The van der Waals surface area contributed by atoms with E-state index < -0.39 is 23.5 Å². The van der Waals surface area contributed by atoms with Crippen LogP contribution in [0.4, 0.5) is 4.39 Å². The SMILES string of the molecule is COc1ccc([C@H]2/C(=C(\O)c3ccc(F)cc3)C(=O)C(=O)N2Cc2cccnc2)cc1. The number of aliphatic hydroxyl groups is 1. The maximum atomic E-state index is 13.3. The Kier molecular flexibility index (Phi) is 5.49. The molecule has 0 saturated carbocycles. The number of rotatable bonds is 5. The molecule has 0 radical (unpaired) electrons. The van der Waals surface area contributed by atoms with E-state index in [1.807, 2.05) is 0 Å². The molecule has 2 heterocycles. The average Bonchev–Trinajstić information content (AvgIpc) is 3.05. The van der Waals surface area contributed by atoms with Gasteiger partial charge in [-0.2, -0.15) is 0 Å². The zero-order valence-electron chi connectivity index (χ0n) is 16.7. The molecule has 4 rings (SSSR count). The molecule has 1 N–H and O–H groups in total. The van der Waals surface area contributed by atoms with Crippen LogP contribution < -0.4 is 4.74 Å². The van der Waals surface area contributed by atoms with Crippen molar-refractivity contribution >= 4 is 17.4 Å². The summed E-state index contributed by atoms with van der Waals surface area (Å²) in [6.45, 7) is 0.134. The van der Waals surface area contributed by atoms with Gasteiger partial charge in [0.25, 0.3) is 11.7 Å². The lowest BCUT2D eigenvalue weighted by Crippen LogP contribution is -2.29. The Hall–Kier alpha value is -4.00. The number of likely N-dealkylation sites (tertiary alicyclic amines) is 1. The number of ketones is 1. The maximum Gasteiger partial charge on any atom is 0.295 e. The van der Waals surface area contributed by atoms with Crippen molar-refractivity contribution in [3.8, 4) is 5.75 Å². The highest BCUT2D eigenvalue weighted by Gasteiger charge is 2.46. The molecule has 2 aromatic carbocycles. The molecule has 0 bridgehead atoms. The van der Waals surface area contributed by atoms with Crippen LogP contribution >= 0.6 is 0 Å². The molecule has 1 aliphatic heterocycles. The van der Waals surface area contributed by atoms with Crippen LogP contribution in [0, 0.1) is 5.82 Å². The van der Waals surface area contributed by atoms with Gasteiger partial charge in [-0.05, 0) is 53.6 Å². The first-order chi connectivity index (χ1) is 15.0. The first kappa shape index (κ1) is 20.3. The van der Waals surface area contributed by atoms with Gasteiger partial charge < -0.3 is 14.7 Å². The van der Waals surface area contributed by atoms with Gasteiger partial charge in [0.05, 0.1) is 18.7 Å². The number of aliphatic hydroxyl groups excluding tert-OH is 1. The normalized spacial score (nSPS) is 17.7. The molecule has 1 fully saturated rings. The van der Waals surface area contributed by atoms with Crippen LogP contribution in [0.2, 0.25) is 0 Å². The predicted molar refractivity (Wildman–Crippen MR) is 111 cm³/mol. The predicted octanol–water partition coefficient (Wildman–Crippen LogP) is 3.85. The maximum absolute atomic E-state index is 13.3. The van der Waals surface area contributed by atoms with E-state index in [1.165, 1.54) is 36.3 Å². The molecule has 1 aliphatic rings. The van der Waals surface area contributed by atoms with Gasteiger partial charge in [-0.15, -0.1) is 0 Å². The van der Waals surface area contributed by atoms with Crippen LogP contribution in [0.3, 0.4) is 0 Å². The molecule has 6 nitrogen and oxygen atoms in total. The highest BCUT2D eigenvalue weighted by molar-refractivity contribution is 6.46.